The number of carboxylic acid groups (broad SMARTS) is 1. The molecule has 1 saturated carbocycles. The summed E-state index contributed by atoms with van der Waals surface area (Å²) in [6.45, 7) is 7.41. The van der Waals surface area contributed by atoms with Crippen LogP contribution in [0, 0.1) is 17.8 Å². The molecule has 0 saturated heterocycles. The maximum atomic E-state index is 12.3. The van der Waals surface area contributed by atoms with Gasteiger partial charge in [-0.05, 0) is 46.0 Å². The molecule has 0 heterocycles. The van der Waals surface area contributed by atoms with Gasteiger partial charge >= 0.3 is 11.9 Å². The first kappa shape index (κ1) is 16.0. The van der Waals surface area contributed by atoms with Crippen LogP contribution in [-0.4, -0.2) is 22.6 Å². The number of esters is 1. The Morgan fingerprint density at radius 2 is 1.84 bits per heavy atom. The van der Waals surface area contributed by atoms with Crippen molar-refractivity contribution >= 4 is 11.9 Å². The van der Waals surface area contributed by atoms with Gasteiger partial charge in [-0.25, -0.2) is 0 Å². The van der Waals surface area contributed by atoms with Crippen molar-refractivity contribution in [1.82, 2.24) is 0 Å². The van der Waals surface area contributed by atoms with E-state index in [0.717, 1.165) is 25.7 Å². The maximum absolute atomic E-state index is 12.3. The van der Waals surface area contributed by atoms with Crippen molar-refractivity contribution in [1.29, 1.82) is 0 Å². The second kappa shape index (κ2) is 6.40. The topological polar surface area (TPSA) is 63.6 Å². The normalized spacial score (nSPS) is 25.7. The quantitative estimate of drug-likeness (QED) is 0.796. The van der Waals surface area contributed by atoms with E-state index in [9.17, 15) is 14.7 Å². The smallest absolute Gasteiger partial charge is 0.309 e. The molecule has 3 atom stereocenters. The van der Waals surface area contributed by atoms with Crippen LogP contribution < -0.4 is 0 Å². The minimum atomic E-state index is -0.789. The van der Waals surface area contributed by atoms with Crippen molar-refractivity contribution in [2.45, 2.75) is 65.4 Å². The van der Waals surface area contributed by atoms with Crippen molar-refractivity contribution in [3.05, 3.63) is 0 Å². The Balaban J connectivity index is 2.82. The highest BCUT2D eigenvalue weighted by Crippen LogP contribution is 2.38. The highest BCUT2D eigenvalue weighted by Gasteiger charge is 2.40. The van der Waals surface area contributed by atoms with Gasteiger partial charge in [0.2, 0.25) is 0 Å². The van der Waals surface area contributed by atoms with Crippen LogP contribution in [0.1, 0.15) is 59.8 Å². The highest BCUT2D eigenvalue weighted by atomic mass is 16.6. The Morgan fingerprint density at radius 3 is 2.32 bits per heavy atom. The van der Waals surface area contributed by atoms with E-state index in [2.05, 4.69) is 0 Å². The van der Waals surface area contributed by atoms with Crippen molar-refractivity contribution < 1.29 is 19.4 Å². The summed E-state index contributed by atoms with van der Waals surface area (Å²) in [7, 11) is 0. The average Bonchev–Trinajstić information content (AvgIpc) is 2.27. The fraction of sp³-hybridized carbons (Fsp3) is 0.867. The maximum Gasteiger partial charge on any atom is 0.309 e. The van der Waals surface area contributed by atoms with Crippen molar-refractivity contribution in [3.63, 3.8) is 0 Å². The van der Waals surface area contributed by atoms with Crippen LogP contribution in [0.5, 0.6) is 0 Å². The summed E-state index contributed by atoms with van der Waals surface area (Å²) in [4.78, 5) is 23.6. The predicted molar refractivity (Wildman–Crippen MR) is 72.7 cm³/mol. The molecule has 4 nitrogen and oxygen atoms in total. The van der Waals surface area contributed by atoms with Crippen molar-refractivity contribution in [2.24, 2.45) is 17.8 Å². The molecule has 4 heteroatoms. The van der Waals surface area contributed by atoms with E-state index < -0.39 is 17.5 Å². The molecular weight excluding hydrogens is 244 g/mol. The minimum absolute atomic E-state index is 0.0777. The van der Waals surface area contributed by atoms with Crippen LogP contribution in [0.4, 0.5) is 0 Å². The number of carboxylic acids is 1. The molecule has 0 aromatic rings. The molecule has 1 unspecified atom stereocenters. The third-order valence-corrected chi connectivity index (χ3v) is 3.80. The second-order valence-electron chi connectivity index (χ2n) is 6.44. The van der Waals surface area contributed by atoms with E-state index in [0.29, 0.717) is 6.42 Å². The molecule has 0 aromatic heterocycles. The number of hydrogen-bond acceptors (Lipinski definition) is 3. The first-order chi connectivity index (χ1) is 8.76. The molecular formula is C15H26O4. The fourth-order valence-corrected chi connectivity index (χ4v) is 2.97. The van der Waals surface area contributed by atoms with E-state index >= 15 is 0 Å². The first-order valence-corrected chi connectivity index (χ1v) is 7.22. The molecule has 19 heavy (non-hydrogen) atoms. The lowest BCUT2D eigenvalue weighted by Gasteiger charge is -2.35. The van der Waals surface area contributed by atoms with E-state index in [1.165, 1.54) is 0 Å². The summed E-state index contributed by atoms with van der Waals surface area (Å²) in [5.41, 5.74) is -0.510. The molecule has 0 aliphatic heterocycles. The van der Waals surface area contributed by atoms with Crippen LogP contribution >= 0.6 is 0 Å². The number of carbonyl (C=O) groups is 2. The molecule has 0 amide bonds. The molecule has 1 aliphatic carbocycles. The van der Waals surface area contributed by atoms with E-state index in [1.807, 2.05) is 27.7 Å². The second-order valence-corrected chi connectivity index (χ2v) is 6.44. The van der Waals surface area contributed by atoms with Gasteiger partial charge in [0.15, 0.2) is 0 Å². The third-order valence-electron chi connectivity index (χ3n) is 3.80. The zero-order valence-corrected chi connectivity index (χ0v) is 12.4. The number of aliphatic carboxylic acids is 1. The van der Waals surface area contributed by atoms with E-state index in [1.54, 1.807) is 0 Å². The van der Waals surface area contributed by atoms with Crippen LogP contribution in [0.3, 0.4) is 0 Å². The SMILES string of the molecule is CCC(C(=O)O)[C@@H]1CCCC[C@H]1C(=O)OC(C)(C)C. The zero-order valence-electron chi connectivity index (χ0n) is 12.4. The Morgan fingerprint density at radius 1 is 1.26 bits per heavy atom. The largest absolute Gasteiger partial charge is 0.481 e. The highest BCUT2D eigenvalue weighted by molar-refractivity contribution is 5.76. The molecule has 0 spiro atoms. The number of carbonyl (C=O) groups excluding carboxylic acids is 1. The van der Waals surface area contributed by atoms with E-state index in [4.69, 9.17) is 4.74 Å². The predicted octanol–water partition coefficient (Wildman–Crippen LogP) is 3.25. The van der Waals surface area contributed by atoms with Gasteiger partial charge < -0.3 is 9.84 Å². The zero-order chi connectivity index (χ0) is 14.6. The lowest BCUT2D eigenvalue weighted by Crippen LogP contribution is -2.39. The molecule has 0 aromatic carbocycles. The van der Waals surface area contributed by atoms with E-state index in [-0.39, 0.29) is 17.8 Å². The van der Waals surface area contributed by atoms with Gasteiger partial charge in [0.1, 0.15) is 5.60 Å². The Bertz CT molecular complexity index is 330. The first-order valence-electron chi connectivity index (χ1n) is 7.22. The molecule has 0 bridgehead atoms. The molecule has 110 valence electrons. The summed E-state index contributed by atoms with van der Waals surface area (Å²) in [5.74, 6) is -1.78. The average molecular weight is 270 g/mol. The van der Waals surface area contributed by atoms with Crippen molar-refractivity contribution in [2.75, 3.05) is 0 Å². The van der Waals surface area contributed by atoms with Gasteiger partial charge in [0.25, 0.3) is 0 Å². The van der Waals surface area contributed by atoms with Gasteiger partial charge in [0.05, 0.1) is 11.8 Å². The Kier molecular flexibility index (Phi) is 5.39. The lowest BCUT2D eigenvalue weighted by molar-refractivity contribution is -0.165. The molecule has 1 fully saturated rings. The molecule has 1 N–H and O–H groups in total. The summed E-state index contributed by atoms with van der Waals surface area (Å²) >= 11 is 0. The molecule has 1 rings (SSSR count). The van der Waals surface area contributed by atoms with Crippen LogP contribution in [-0.2, 0) is 14.3 Å². The minimum Gasteiger partial charge on any atom is -0.481 e. The van der Waals surface area contributed by atoms with Crippen LogP contribution in [0.25, 0.3) is 0 Å². The van der Waals surface area contributed by atoms with Gasteiger partial charge in [-0.2, -0.15) is 0 Å². The van der Waals surface area contributed by atoms with Gasteiger partial charge in [-0.15, -0.1) is 0 Å². The lowest BCUT2D eigenvalue weighted by atomic mass is 9.71. The molecule has 1 aliphatic rings. The van der Waals surface area contributed by atoms with Crippen LogP contribution in [0.2, 0.25) is 0 Å². The summed E-state index contributed by atoms with van der Waals surface area (Å²) in [5, 5.41) is 9.31. The summed E-state index contributed by atoms with van der Waals surface area (Å²) < 4.78 is 5.45. The van der Waals surface area contributed by atoms with Gasteiger partial charge in [-0.3, -0.25) is 9.59 Å². The Labute approximate surface area is 115 Å². The number of ether oxygens (including phenoxy) is 1. The Hall–Kier alpha value is -1.06. The summed E-state index contributed by atoms with van der Waals surface area (Å²) in [6, 6.07) is 0. The van der Waals surface area contributed by atoms with Crippen LogP contribution in [0.15, 0.2) is 0 Å². The monoisotopic (exact) mass is 270 g/mol. The number of rotatable bonds is 4. The standard InChI is InChI=1S/C15H26O4/c1-5-10(13(16)17)11-8-6-7-9-12(11)14(18)19-15(2,3)4/h10-12H,5-9H2,1-4H3,(H,16,17)/t10?,11-,12+/m0/s1. The van der Waals surface area contributed by atoms with Gasteiger partial charge in [-0.1, -0.05) is 19.8 Å². The van der Waals surface area contributed by atoms with Crippen molar-refractivity contribution in [3.8, 4) is 0 Å². The third kappa shape index (κ3) is 4.51. The fourth-order valence-electron chi connectivity index (χ4n) is 2.97. The number of hydrogen-bond donors (Lipinski definition) is 1. The molecule has 0 radical (unpaired) electrons. The van der Waals surface area contributed by atoms with Gasteiger partial charge in [0, 0.05) is 0 Å². The summed E-state index contributed by atoms with van der Waals surface area (Å²) in [6.07, 6.45) is 4.13.